The maximum absolute atomic E-state index is 5.11. The van der Waals surface area contributed by atoms with Crippen molar-refractivity contribution in [2.45, 2.75) is 6.92 Å². The highest BCUT2D eigenvalue weighted by Gasteiger charge is 2.00. The number of hydrogen-bond donors (Lipinski definition) is 1. The molecule has 2 aromatic heterocycles. The quantitative estimate of drug-likeness (QED) is 0.720. The van der Waals surface area contributed by atoms with Gasteiger partial charge >= 0.3 is 0 Å². The minimum atomic E-state index is 0.843. The first-order chi connectivity index (χ1) is 6.77. The molecule has 0 unspecified atom stereocenters. The number of aryl methyl sites for hydroxylation is 1. The summed E-state index contributed by atoms with van der Waals surface area (Å²) < 4.78 is 0.843. The van der Waals surface area contributed by atoms with Gasteiger partial charge in [-0.2, -0.15) is 0 Å². The van der Waals surface area contributed by atoms with Gasteiger partial charge < -0.3 is 4.98 Å². The van der Waals surface area contributed by atoms with Crippen LogP contribution in [0.1, 0.15) is 5.56 Å². The second-order valence-electron chi connectivity index (χ2n) is 3.13. The molecule has 0 fully saturated rings. The average Bonchev–Trinajstić information content (AvgIpc) is 2.18. The number of hydrogen-bond acceptors (Lipinski definition) is 2. The Morgan fingerprint density at radius 1 is 1.36 bits per heavy atom. The maximum Gasteiger partial charge on any atom is 0.0471 e. The van der Waals surface area contributed by atoms with Gasteiger partial charge in [-0.05, 0) is 30.7 Å². The number of aromatic nitrogens is 2. The maximum atomic E-state index is 5.11. The van der Waals surface area contributed by atoms with Crippen LogP contribution in [-0.4, -0.2) is 9.97 Å². The van der Waals surface area contributed by atoms with Crippen LogP contribution in [0.25, 0.3) is 11.3 Å². The molecule has 2 aromatic rings. The van der Waals surface area contributed by atoms with Crippen molar-refractivity contribution in [1.29, 1.82) is 0 Å². The number of aromatic amines is 1. The van der Waals surface area contributed by atoms with E-state index in [1.807, 2.05) is 37.5 Å². The zero-order valence-corrected chi connectivity index (χ0v) is 8.64. The first kappa shape index (κ1) is 9.09. The molecule has 70 valence electrons. The smallest absolute Gasteiger partial charge is 0.0471 e. The van der Waals surface area contributed by atoms with E-state index < -0.39 is 0 Å². The van der Waals surface area contributed by atoms with E-state index in [9.17, 15) is 0 Å². The molecule has 0 aliphatic rings. The van der Waals surface area contributed by atoms with Gasteiger partial charge in [0.05, 0.1) is 0 Å². The van der Waals surface area contributed by atoms with Crippen molar-refractivity contribution in [2.75, 3.05) is 0 Å². The highest BCUT2D eigenvalue weighted by Crippen LogP contribution is 2.19. The zero-order chi connectivity index (χ0) is 9.97. The number of pyridine rings is 2. The lowest BCUT2D eigenvalue weighted by atomic mass is 10.1. The third-order valence-corrected chi connectivity index (χ3v) is 2.34. The van der Waals surface area contributed by atoms with E-state index in [0.29, 0.717) is 0 Å². The summed E-state index contributed by atoms with van der Waals surface area (Å²) in [6.45, 7) is 2.03. The molecule has 0 atom stereocenters. The van der Waals surface area contributed by atoms with E-state index >= 15 is 0 Å². The van der Waals surface area contributed by atoms with Crippen LogP contribution in [0.2, 0.25) is 0 Å². The van der Waals surface area contributed by atoms with Crippen LogP contribution in [-0.2, 0) is 0 Å². The Labute approximate surface area is 87.7 Å². The van der Waals surface area contributed by atoms with Crippen molar-refractivity contribution in [1.82, 2.24) is 9.97 Å². The second-order valence-corrected chi connectivity index (χ2v) is 3.60. The zero-order valence-electron chi connectivity index (χ0n) is 7.82. The Kier molecular flexibility index (Phi) is 2.41. The van der Waals surface area contributed by atoms with Crippen LogP contribution in [0.5, 0.6) is 0 Å². The molecular formula is C11H10N2S. The van der Waals surface area contributed by atoms with Crippen molar-refractivity contribution < 1.29 is 0 Å². The van der Waals surface area contributed by atoms with Crippen LogP contribution in [0.15, 0.2) is 36.8 Å². The van der Waals surface area contributed by atoms with Gasteiger partial charge in [-0.1, -0.05) is 12.2 Å². The summed E-state index contributed by atoms with van der Waals surface area (Å²) in [5.41, 5.74) is 3.33. The highest BCUT2D eigenvalue weighted by molar-refractivity contribution is 7.71. The van der Waals surface area contributed by atoms with Gasteiger partial charge in [0, 0.05) is 34.4 Å². The largest absolute Gasteiger partial charge is 0.361 e. The van der Waals surface area contributed by atoms with Gasteiger partial charge in [0.2, 0.25) is 0 Å². The fourth-order valence-corrected chi connectivity index (χ4v) is 1.56. The number of nitrogens with one attached hydrogen (secondary N) is 1. The van der Waals surface area contributed by atoms with E-state index in [0.717, 1.165) is 21.3 Å². The summed E-state index contributed by atoms with van der Waals surface area (Å²) >= 11 is 5.11. The highest BCUT2D eigenvalue weighted by atomic mass is 32.1. The molecule has 0 saturated carbocycles. The molecule has 0 amide bonds. The van der Waals surface area contributed by atoms with Gasteiger partial charge in [0.1, 0.15) is 0 Å². The minimum Gasteiger partial charge on any atom is -0.361 e. The van der Waals surface area contributed by atoms with Gasteiger partial charge in [-0.25, -0.2) is 0 Å². The Morgan fingerprint density at radius 3 is 2.93 bits per heavy atom. The molecule has 0 spiro atoms. The molecule has 0 aromatic carbocycles. The van der Waals surface area contributed by atoms with Crippen molar-refractivity contribution in [3.05, 3.63) is 46.9 Å². The third kappa shape index (κ3) is 1.72. The SMILES string of the molecule is Cc1cnccc1-c1cc(=S)cc[nH]1. The topological polar surface area (TPSA) is 28.7 Å². The molecule has 2 nitrogen and oxygen atoms in total. The lowest BCUT2D eigenvalue weighted by molar-refractivity contribution is 1.24. The van der Waals surface area contributed by atoms with Crippen LogP contribution in [0.4, 0.5) is 0 Å². The average molecular weight is 202 g/mol. The molecule has 1 N–H and O–H groups in total. The lowest BCUT2D eigenvalue weighted by Crippen LogP contribution is -1.87. The summed E-state index contributed by atoms with van der Waals surface area (Å²) in [6, 6.07) is 5.81. The van der Waals surface area contributed by atoms with Gasteiger partial charge in [-0.15, -0.1) is 0 Å². The Bertz CT molecular complexity index is 502. The summed E-state index contributed by atoms with van der Waals surface area (Å²) in [6.07, 6.45) is 5.49. The Morgan fingerprint density at radius 2 is 2.21 bits per heavy atom. The minimum absolute atomic E-state index is 0.843. The van der Waals surface area contributed by atoms with E-state index in [1.54, 1.807) is 6.20 Å². The van der Waals surface area contributed by atoms with Gasteiger partial charge in [0.25, 0.3) is 0 Å². The van der Waals surface area contributed by atoms with Crippen molar-refractivity contribution >= 4 is 12.2 Å². The molecule has 0 aliphatic carbocycles. The Balaban J connectivity index is 2.61. The van der Waals surface area contributed by atoms with Gasteiger partial charge in [0.15, 0.2) is 0 Å². The summed E-state index contributed by atoms with van der Waals surface area (Å²) in [7, 11) is 0. The normalized spacial score (nSPS) is 10.1. The summed E-state index contributed by atoms with van der Waals surface area (Å²) in [5, 5.41) is 0. The van der Waals surface area contributed by atoms with E-state index in [4.69, 9.17) is 12.2 Å². The molecule has 2 heterocycles. The van der Waals surface area contributed by atoms with Crippen molar-refractivity contribution in [2.24, 2.45) is 0 Å². The summed E-state index contributed by atoms with van der Waals surface area (Å²) in [4.78, 5) is 7.22. The van der Waals surface area contributed by atoms with Crippen LogP contribution in [0, 0.1) is 11.4 Å². The molecule has 2 rings (SSSR count). The van der Waals surface area contributed by atoms with Crippen LogP contribution < -0.4 is 0 Å². The van der Waals surface area contributed by atoms with Crippen LogP contribution >= 0.6 is 12.2 Å². The predicted molar refractivity (Wildman–Crippen MR) is 59.6 cm³/mol. The van der Waals surface area contributed by atoms with Crippen LogP contribution in [0.3, 0.4) is 0 Å². The monoisotopic (exact) mass is 202 g/mol. The lowest BCUT2D eigenvalue weighted by Gasteiger charge is -2.04. The van der Waals surface area contributed by atoms with Crippen molar-refractivity contribution in [3.63, 3.8) is 0 Å². The number of H-pyrrole nitrogens is 1. The fourth-order valence-electron chi connectivity index (χ4n) is 1.38. The first-order valence-electron chi connectivity index (χ1n) is 4.37. The molecule has 0 saturated heterocycles. The number of rotatable bonds is 1. The molecule has 0 bridgehead atoms. The number of nitrogens with zero attached hydrogens (tertiary/aromatic N) is 1. The predicted octanol–water partition coefficient (Wildman–Crippen LogP) is 3.11. The summed E-state index contributed by atoms with van der Waals surface area (Å²) in [5.74, 6) is 0. The molecule has 14 heavy (non-hydrogen) atoms. The fraction of sp³-hybridized carbons (Fsp3) is 0.0909. The first-order valence-corrected chi connectivity index (χ1v) is 4.78. The van der Waals surface area contributed by atoms with Gasteiger partial charge in [-0.3, -0.25) is 4.98 Å². The molecule has 0 aliphatic heterocycles. The molecule has 0 radical (unpaired) electrons. The second kappa shape index (κ2) is 3.72. The van der Waals surface area contributed by atoms with E-state index in [-0.39, 0.29) is 0 Å². The standard InChI is InChI=1S/C11H10N2S/c1-8-7-12-4-3-10(8)11-6-9(14)2-5-13-11/h2-7H,1H3,(H,13,14). The molecular weight excluding hydrogens is 192 g/mol. The van der Waals surface area contributed by atoms with Crippen molar-refractivity contribution in [3.8, 4) is 11.3 Å². The third-order valence-electron chi connectivity index (χ3n) is 2.08. The molecule has 3 heteroatoms. The van der Waals surface area contributed by atoms with E-state index in [1.165, 1.54) is 0 Å². The Hall–Kier alpha value is -1.48. The van der Waals surface area contributed by atoms with E-state index in [2.05, 4.69) is 9.97 Å².